The van der Waals surface area contributed by atoms with E-state index in [0.29, 0.717) is 25.8 Å². The number of carbonyl (C=O) groups is 5. The highest BCUT2D eigenvalue weighted by atomic mass is 16.6. The van der Waals surface area contributed by atoms with E-state index in [1.54, 1.807) is 34.6 Å². The number of likely N-dealkylation sites (tertiary alicyclic amines) is 1. The third-order valence-corrected chi connectivity index (χ3v) is 6.47. The van der Waals surface area contributed by atoms with Crippen molar-refractivity contribution in [1.29, 1.82) is 0 Å². The molecule has 0 spiro atoms. The summed E-state index contributed by atoms with van der Waals surface area (Å²) in [6.45, 7) is 11.0. The maximum atomic E-state index is 13.4. The van der Waals surface area contributed by atoms with Gasteiger partial charge in [-0.1, -0.05) is 57.5 Å². The first-order valence-electron chi connectivity index (χ1n) is 13.4. The van der Waals surface area contributed by atoms with E-state index in [4.69, 9.17) is 4.74 Å². The highest BCUT2D eigenvalue weighted by Crippen LogP contribution is 2.21. The van der Waals surface area contributed by atoms with Gasteiger partial charge in [-0.3, -0.25) is 19.2 Å². The van der Waals surface area contributed by atoms with Crippen LogP contribution in [-0.2, 0) is 23.9 Å². The van der Waals surface area contributed by atoms with E-state index in [9.17, 15) is 24.0 Å². The van der Waals surface area contributed by atoms with E-state index in [1.165, 1.54) is 4.90 Å². The Morgan fingerprint density at radius 2 is 1.63 bits per heavy atom. The first kappa shape index (κ1) is 30.8. The van der Waals surface area contributed by atoms with E-state index in [-0.39, 0.29) is 30.4 Å². The molecule has 1 aromatic rings. The maximum absolute atomic E-state index is 13.4. The number of benzene rings is 1. The summed E-state index contributed by atoms with van der Waals surface area (Å²) in [5.74, 6) is -2.61. The summed E-state index contributed by atoms with van der Waals surface area (Å²) >= 11 is 0. The third kappa shape index (κ3) is 8.56. The van der Waals surface area contributed by atoms with Gasteiger partial charge in [0.15, 0.2) is 0 Å². The minimum Gasteiger partial charge on any atom is -0.447 e. The SMILES string of the molecule is CCCC(NC(=O)[C@@H]1CCCN1C(=O)[C@@H](NC(=O)OC(C)C)C(C)C)C(=O)C(=O)N[C@@H](C)c1ccccc1. The molecule has 3 N–H and O–H groups in total. The molecule has 1 fully saturated rings. The van der Waals surface area contributed by atoms with Crippen LogP contribution in [0, 0.1) is 5.92 Å². The first-order chi connectivity index (χ1) is 18.0. The lowest BCUT2D eigenvalue weighted by atomic mass is 10.0. The van der Waals surface area contributed by atoms with Crippen molar-refractivity contribution < 1.29 is 28.7 Å². The predicted molar refractivity (Wildman–Crippen MR) is 143 cm³/mol. The Hall–Kier alpha value is -3.43. The summed E-state index contributed by atoms with van der Waals surface area (Å²) in [5.41, 5.74) is 0.857. The van der Waals surface area contributed by atoms with Gasteiger partial charge in [0, 0.05) is 6.54 Å². The lowest BCUT2D eigenvalue weighted by Crippen LogP contribution is -2.57. The van der Waals surface area contributed by atoms with E-state index in [0.717, 1.165) is 5.56 Å². The van der Waals surface area contributed by atoms with Gasteiger partial charge in [0.05, 0.1) is 18.2 Å². The van der Waals surface area contributed by atoms with Crippen LogP contribution in [-0.4, -0.2) is 65.3 Å². The maximum Gasteiger partial charge on any atom is 0.408 e. The molecule has 0 aromatic heterocycles. The Labute approximate surface area is 225 Å². The molecular formula is C28H42N4O6. The van der Waals surface area contributed by atoms with E-state index >= 15 is 0 Å². The van der Waals surface area contributed by atoms with Crippen LogP contribution in [0.4, 0.5) is 4.79 Å². The normalized spacial score (nSPS) is 17.5. The van der Waals surface area contributed by atoms with Crippen LogP contribution in [0.3, 0.4) is 0 Å². The number of Topliss-reactive ketones (excluding diaryl/α,β-unsaturated/α-hetero) is 1. The van der Waals surface area contributed by atoms with Crippen molar-refractivity contribution in [2.24, 2.45) is 5.92 Å². The smallest absolute Gasteiger partial charge is 0.408 e. The van der Waals surface area contributed by atoms with Crippen LogP contribution >= 0.6 is 0 Å². The van der Waals surface area contributed by atoms with E-state index in [1.807, 2.05) is 37.3 Å². The molecule has 1 unspecified atom stereocenters. The number of ether oxygens (including phenoxy) is 1. The number of alkyl carbamates (subject to hydrolysis) is 1. The molecule has 1 aromatic carbocycles. The predicted octanol–water partition coefficient (Wildman–Crippen LogP) is 2.87. The molecule has 4 amide bonds. The summed E-state index contributed by atoms with van der Waals surface area (Å²) in [7, 11) is 0. The number of nitrogens with zero attached hydrogens (tertiary/aromatic N) is 1. The lowest BCUT2D eigenvalue weighted by molar-refractivity contribution is -0.143. The average Bonchev–Trinajstić information content (AvgIpc) is 3.36. The largest absolute Gasteiger partial charge is 0.447 e. The zero-order valence-corrected chi connectivity index (χ0v) is 23.3. The third-order valence-electron chi connectivity index (χ3n) is 6.47. The Morgan fingerprint density at radius 1 is 0.974 bits per heavy atom. The molecule has 2 rings (SSSR count). The van der Waals surface area contributed by atoms with E-state index in [2.05, 4.69) is 16.0 Å². The molecule has 1 saturated heterocycles. The fraction of sp³-hybridized carbons (Fsp3) is 0.607. The fourth-order valence-corrected chi connectivity index (χ4v) is 4.45. The van der Waals surface area contributed by atoms with Gasteiger partial charge in [-0.05, 0) is 51.5 Å². The molecule has 0 bridgehead atoms. The molecule has 10 heteroatoms. The molecule has 0 saturated carbocycles. The van der Waals surface area contributed by atoms with Gasteiger partial charge in [0.1, 0.15) is 12.1 Å². The number of ketones is 1. The Kier molecular flexibility index (Phi) is 11.7. The van der Waals surface area contributed by atoms with Crippen LogP contribution in [0.5, 0.6) is 0 Å². The Bertz CT molecular complexity index is 981. The first-order valence-corrected chi connectivity index (χ1v) is 13.4. The summed E-state index contributed by atoms with van der Waals surface area (Å²) in [5, 5.41) is 8.04. The van der Waals surface area contributed by atoms with Crippen LogP contribution in [0.2, 0.25) is 0 Å². The number of hydrogen-bond acceptors (Lipinski definition) is 6. The monoisotopic (exact) mass is 530 g/mol. The summed E-state index contributed by atoms with van der Waals surface area (Å²) in [6.07, 6.45) is 0.842. The Balaban J connectivity index is 2.09. The highest BCUT2D eigenvalue weighted by Gasteiger charge is 2.40. The molecule has 0 radical (unpaired) electrons. The average molecular weight is 531 g/mol. The van der Waals surface area contributed by atoms with Gasteiger partial charge in [-0.2, -0.15) is 0 Å². The molecule has 1 heterocycles. The molecule has 4 atom stereocenters. The van der Waals surface area contributed by atoms with Crippen molar-refractivity contribution in [2.45, 2.75) is 97.5 Å². The second-order valence-corrected chi connectivity index (χ2v) is 10.3. The van der Waals surface area contributed by atoms with Crippen molar-refractivity contribution in [3.8, 4) is 0 Å². The van der Waals surface area contributed by atoms with Gasteiger partial charge in [0.2, 0.25) is 17.6 Å². The number of carbonyl (C=O) groups excluding carboxylic acids is 5. The number of amides is 4. The minimum atomic E-state index is -1.01. The van der Waals surface area contributed by atoms with Crippen LogP contribution < -0.4 is 16.0 Å². The molecule has 0 aliphatic carbocycles. The molecule has 210 valence electrons. The molecule has 10 nitrogen and oxygen atoms in total. The van der Waals surface area contributed by atoms with Crippen LogP contribution in [0.1, 0.15) is 78.8 Å². The molecule has 38 heavy (non-hydrogen) atoms. The van der Waals surface area contributed by atoms with Gasteiger partial charge < -0.3 is 25.6 Å². The molecule has 1 aliphatic rings. The van der Waals surface area contributed by atoms with Crippen molar-refractivity contribution in [2.75, 3.05) is 6.54 Å². The fourth-order valence-electron chi connectivity index (χ4n) is 4.45. The van der Waals surface area contributed by atoms with Gasteiger partial charge >= 0.3 is 6.09 Å². The van der Waals surface area contributed by atoms with Gasteiger partial charge in [0.25, 0.3) is 5.91 Å². The van der Waals surface area contributed by atoms with Crippen molar-refractivity contribution in [1.82, 2.24) is 20.9 Å². The second-order valence-electron chi connectivity index (χ2n) is 10.3. The quantitative estimate of drug-likeness (QED) is 0.356. The zero-order chi connectivity index (χ0) is 28.4. The molecular weight excluding hydrogens is 488 g/mol. The topological polar surface area (TPSA) is 134 Å². The highest BCUT2D eigenvalue weighted by molar-refractivity contribution is 6.38. The number of hydrogen-bond donors (Lipinski definition) is 3. The molecule has 1 aliphatic heterocycles. The van der Waals surface area contributed by atoms with Crippen LogP contribution in [0.25, 0.3) is 0 Å². The van der Waals surface area contributed by atoms with Crippen molar-refractivity contribution >= 4 is 29.6 Å². The number of rotatable bonds is 12. The standard InChI is InChI=1S/C28H42N4O6/c1-7-12-21(24(33)26(35)29-19(6)20-13-9-8-10-14-20)30-25(34)22-15-11-16-32(22)27(36)23(17(2)3)31-28(37)38-18(4)5/h8-10,13-14,17-19,21-23H,7,11-12,15-16H2,1-6H3,(H,29,35)(H,30,34)(H,31,37)/t19-,21?,22-,23-/m0/s1. The minimum absolute atomic E-state index is 0.240. The lowest BCUT2D eigenvalue weighted by Gasteiger charge is -2.31. The van der Waals surface area contributed by atoms with Crippen molar-refractivity contribution in [3.63, 3.8) is 0 Å². The van der Waals surface area contributed by atoms with Crippen LogP contribution in [0.15, 0.2) is 30.3 Å². The summed E-state index contributed by atoms with van der Waals surface area (Å²) in [4.78, 5) is 66.0. The Morgan fingerprint density at radius 3 is 2.21 bits per heavy atom. The van der Waals surface area contributed by atoms with E-state index < -0.39 is 41.8 Å². The van der Waals surface area contributed by atoms with Gasteiger partial charge in [-0.15, -0.1) is 0 Å². The zero-order valence-electron chi connectivity index (χ0n) is 23.3. The summed E-state index contributed by atoms with van der Waals surface area (Å²) in [6, 6.07) is 6.22. The second kappa shape index (κ2) is 14.5. The van der Waals surface area contributed by atoms with Gasteiger partial charge in [-0.25, -0.2) is 4.79 Å². The number of nitrogens with one attached hydrogen (secondary N) is 3. The summed E-state index contributed by atoms with van der Waals surface area (Å²) < 4.78 is 5.13. The van der Waals surface area contributed by atoms with Crippen molar-refractivity contribution in [3.05, 3.63) is 35.9 Å².